The summed E-state index contributed by atoms with van der Waals surface area (Å²) >= 11 is 0. The van der Waals surface area contributed by atoms with E-state index in [1.54, 1.807) is 7.05 Å². The van der Waals surface area contributed by atoms with Gasteiger partial charge in [-0.05, 0) is 27.7 Å². The molecule has 0 saturated carbocycles. The molecule has 0 fully saturated rings. The average Bonchev–Trinajstić information content (AvgIpc) is 2.51. The molecule has 1 amide bonds. The molecule has 5 heteroatoms. The highest BCUT2D eigenvalue weighted by Gasteiger charge is 2.41. The number of carbonyl (C=O) groups is 1. The van der Waals surface area contributed by atoms with Crippen LogP contribution in [0.2, 0.25) is 0 Å². The van der Waals surface area contributed by atoms with Gasteiger partial charge in [0, 0.05) is 12.5 Å². The van der Waals surface area contributed by atoms with Crippen molar-refractivity contribution >= 4 is 17.3 Å². The third-order valence-electron chi connectivity index (χ3n) is 2.75. The fourth-order valence-electron chi connectivity index (χ4n) is 1.79. The Hall–Kier alpha value is -1.39. The van der Waals surface area contributed by atoms with E-state index in [1.165, 1.54) is 5.01 Å². The molecule has 108 valence electrons. The lowest BCUT2D eigenvalue weighted by Crippen LogP contribution is -2.36. The zero-order chi connectivity index (χ0) is 15.0. The van der Waals surface area contributed by atoms with E-state index >= 15 is 0 Å². The molecule has 1 rings (SSSR count). The molecule has 0 aromatic heterocycles. The maximum Gasteiger partial charge on any atom is 0.257 e. The van der Waals surface area contributed by atoms with Gasteiger partial charge >= 0.3 is 0 Å². The van der Waals surface area contributed by atoms with E-state index in [0.29, 0.717) is 5.71 Å². The Morgan fingerprint density at radius 3 is 2.21 bits per heavy atom. The SMILES string of the molecule is CC(=NOC(C)(C)C)C1C(=O)N(C)N=C1C(C)(C)C. The normalized spacial score (nSPS) is 21.8. The Morgan fingerprint density at radius 1 is 1.26 bits per heavy atom. The Labute approximate surface area is 115 Å². The van der Waals surface area contributed by atoms with E-state index < -0.39 is 5.92 Å². The van der Waals surface area contributed by atoms with Crippen molar-refractivity contribution in [3.8, 4) is 0 Å². The summed E-state index contributed by atoms with van der Waals surface area (Å²) in [6.45, 7) is 13.7. The molecule has 0 aromatic carbocycles. The molecule has 19 heavy (non-hydrogen) atoms. The highest BCUT2D eigenvalue weighted by Crippen LogP contribution is 2.29. The smallest absolute Gasteiger partial charge is 0.257 e. The number of rotatable bonds is 2. The number of nitrogens with zero attached hydrogens (tertiary/aromatic N) is 3. The van der Waals surface area contributed by atoms with Crippen molar-refractivity contribution in [2.75, 3.05) is 7.05 Å². The molecule has 1 aliphatic heterocycles. The Kier molecular flexibility index (Phi) is 4.08. The summed E-state index contributed by atoms with van der Waals surface area (Å²) < 4.78 is 0. The second kappa shape index (κ2) is 4.94. The molecule has 5 nitrogen and oxygen atoms in total. The van der Waals surface area contributed by atoms with Gasteiger partial charge in [0.1, 0.15) is 11.5 Å². The van der Waals surface area contributed by atoms with Crippen LogP contribution >= 0.6 is 0 Å². The minimum absolute atomic E-state index is 0.0521. The van der Waals surface area contributed by atoms with Gasteiger partial charge in [-0.3, -0.25) is 4.79 Å². The van der Waals surface area contributed by atoms with Crippen LogP contribution in [0.15, 0.2) is 10.3 Å². The Balaban J connectivity index is 3.03. The van der Waals surface area contributed by atoms with E-state index in [2.05, 4.69) is 10.3 Å². The first-order valence-corrected chi connectivity index (χ1v) is 6.52. The molecule has 0 aliphatic carbocycles. The lowest BCUT2D eigenvalue weighted by Gasteiger charge is -2.23. The predicted octanol–water partition coefficient (Wildman–Crippen LogP) is 2.67. The van der Waals surface area contributed by atoms with Gasteiger partial charge in [0.15, 0.2) is 0 Å². The molecule has 1 heterocycles. The van der Waals surface area contributed by atoms with Crippen LogP contribution in [-0.4, -0.2) is 35.0 Å². The van der Waals surface area contributed by atoms with Crippen molar-refractivity contribution < 1.29 is 9.63 Å². The average molecular weight is 267 g/mol. The summed E-state index contributed by atoms with van der Waals surface area (Å²) in [5.41, 5.74) is 0.939. The second-order valence-corrected chi connectivity index (χ2v) is 6.97. The van der Waals surface area contributed by atoms with Crippen molar-refractivity contribution in [3.63, 3.8) is 0 Å². The Morgan fingerprint density at radius 2 is 1.79 bits per heavy atom. The minimum Gasteiger partial charge on any atom is -0.390 e. The molecule has 0 radical (unpaired) electrons. The van der Waals surface area contributed by atoms with E-state index in [4.69, 9.17) is 4.84 Å². The number of oxime groups is 1. The van der Waals surface area contributed by atoms with Crippen LogP contribution < -0.4 is 0 Å². The first kappa shape index (κ1) is 15.7. The monoisotopic (exact) mass is 267 g/mol. The molecule has 1 unspecified atom stereocenters. The summed E-state index contributed by atoms with van der Waals surface area (Å²) in [5, 5.41) is 9.86. The highest BCUT2D eigenvalue weighted by atomic mass is 16.6. The van der Waals surface area contributed by atoms with Crippen molar-refractivity contribution in [2.24, 2.45) is 21.6 Å². The van der Waals surface area contributed by atoms with Gasteiger partial charge in [0.25, 0.3) is 5.91 Å². The van der Waals surface area contributed by atoms with E-state index in [9.17, 15) is 4.79 Å². The minimum atomic E-state index is -0.410. The van der Waals surface area contributed by atoms with Crippen molar-refractivity contribution in [1.82, 2.24) is 5.01 Å². The fraction of sp³-hybridized carbons (Fsp3) is 0.786. The van der Waals surface area contributed by atoms with Gasteiger partial charge in [0.05, 0.1) is 11.4 Å². The molecular weight excluding hydrogens is 242 g/mol. The molecule has 1 atom stereocenters. The zero-order valence-electron chi connectivity index (χ0n) is 13.2. The first-order chi connectivity index (χ1) is 8.43. The lowest BCUT2D eigenvalue weighted by molar-refractivity contribution is -0.129. The van der Waals surface area contributed by atoms with Gasteiger partial charge in [-0.25, -0.2) is 5.01 Å². The highest BCUT2D eigenvalue weighted by molar-refractivity contribution is 6.24. The van der Waals surface area contributed by atoms with E-state index in [-0.39, 0.29) is 16.9 Å². The summed E-state index contributed by atoms with van der Waals surface area (Å²) in [7, 11) is 1.67. The maximum atomic E-state index is 12.2. The molecule has 0 saturated heterocycles. The standard InChI is InChI=1S/C14H25N3O2/c1-9(16-19-14(5,6)7)10-11(13(2,3)4)15-17(8)12(10)18/h10H,1-8H3. The fourth-order valence-corrected chi connectivity index (χ4v) is 1.79. The van der Waals surface area contributed by atoms with Gasteiger partial charge < -0.3 is 4.84 Å². The van der Waals surface area contributed by atoms with Crippen LogP contribution in [0.1, 0.15) is 48.5 Å². The third kappa shape index (κ3) is 3.78. The second-order valence-electron chi connectivity index (χ2n) is 6.97. The number of carbonyl (C=O) groups excluding carboxylic acids is 1. The molecule has 0 bridgehead atoms. The van der Waals surface area contributed by atoms with Crippen molar-refractivity contribution in [1.29, 1.82) is 0 Å². The largest absolute Gasteiger partial charge is 0.390 e. The van der Waals surface area contributed by atoms with Crippen LogP contribution in [0.3, 0.4) is 0 Å². The Bertz CT molecular complexity index is 425. The van der Waals surface area contributed by atoms with Crippen molar-refractivity contribution in [2.45, 2.75) is 54.1 Å². The van der Waals surface area contributed by atoms with E-state index in [0.717, 1.165) is 5.71 Å². The molecule has 0 N–H and O–H groups in total. The van der Waals surface area contributed by atoms with Crippen LogP contribution in [0.4, 0.5) is 0 Å². The van der Waals surface area contributed by atoms with Crippen molar-refractivity contribution in [3.05, 3.63) is 0 Å². The van der Waals surface area contributed by atoms with Gasteiger partial charge in [-0.2, -0.15) is 5.10 Å². The number of hydrazone groups is 1. The van der Waals surface area contributed by atoms with Gasteiger partial charge in [-0.15, -0.1) is 0 Å². The van der Waals surface area contributed by atoms with Crippen LogP contribution in [0.25, 0.3) is 0 Å². The maximum absolute atomic E-state index is 12.2. The van der Waals surface area contributed by atoms with E-state index in [1.807, 2.05) is 48.5 Å². The van der Waals surface area contributed by atoms with Crippen LogP contribution in [-0.2, 0) is 9.63 Å². The third-order valence-corrected chi connectivity index (χ3v) is 2.75. The lowest BCUT2D eigenvalue weighted by atomic mass is 9.80. The number of hydrogen-bond donors (Lipinski definition) is 0. The van der Waals surface area contributed by atoms with Crippen LogP contribution in [0.5, 0.6) is 0 Å². The summed E-state index contributed by atoms with van der Waals surface area (Å²) in [6.07, 6.45) is 0. The summed E-state index contributed by atoms with van der Waals surface area (Å²) in [5.74, 6) is -0.462. The van der Waals surface area contributed by atoms with Crippen LogP contribution in [0, 0.1) is 11.3 Å². The first-order valence-electron chi connectivity index (χ1n) is 6.52. The molecular formula is C14H25N3O2. The molecule has 1 aliphatic rings. The summed E-state index contributed by atoms with van der Waals surface area (Å²) in [4.78, 5) is 17.6. The topological polar surface area (TPSA) is 54.3 Å². The number of hydrogen-bond acceptors (Lipinski definition) is 4. The van der Waals surface area contributed by atoms with Gasteiger partial charge in [0.2, 0.25) is 0 Å². The zero-order valence-corrected chi connectivity index (χ0v) is 13.2. The molecule has 0 spiro atoms. The predicted molar refractivity (Wildman–Crippen MR) is 77.1 cm³/mol. The van der Waals surface area contributed by atoms with Gasteiger partial charge in [-0.1, -0.05) is 25.9 Å². The summed E-state index contributed by atoms with van der Waals surface area (Å²) in [6, 6.07) is 0. The quantitative estimate of drug-likeness (QED) is 0.570. The number of amides is 1. The molecule has 0 aromatic rings.